The second-order valence-corrected chi connectivity index (χ2v) is 4.19. The Morgan fingerprint density at radius 3 is 2.93 bits per heavy atom. The third kappa shape index (κ3) is 1.69. The van der Waals surface area contributed by atoms with Crippen LogP contribution >= 0.6 is 0 Å². The van der Waals surface area contributed by atoms with Crippen LogP contribution in [-0.4, -0.2) is 16.5 Å². The number of carbonyl (C=O) groups is 1. The summed E-state index contributed by atoms with van der Waals surface area (Å²) in [6, 6.07) is 4.65. The third-order valence-electron chi connectivity index (χ3n) is 2.90. The van der Waals surface area contributed by atoms with Gasteiger partial charge in [-0.25, -0.2) is 0 Å². The number of ether oxygens (including phenoxy) is 1. The Morgan fingerprint density at radius 2 is 2.27 bits per heavy atom. The number of hydrogen-bond acceptors (Lipinski definition) is 3. The molecule has 1 N–H and O–H groups in total. The normalized spacial score (nSPS) is 24.5. The lowest BCUT2D eigenvalue weighted by molar-refractivity contribution is 0.0498. The molecule has 1 unspecified atom stereocenters. The van der Waals surface area contributed by atoms with Crippen molar-refractivity contribution in [3.63, 3.8) is 0 Å². The Labute approximate surface area is 88.7 Å². The lowest BCUT2D eigenvalue weighted by atomic mass is 9.89. The number of rotatable bonds is 1. The zero-order chi connectivity index (χ0) is 11.1. The summed E-state index contributed by atoms with van der Waals surface area (Å²) in [4.78, 5) is 11.8. The van der Waals surface area contributed by atoms with Gasteiger partial charge in [0.1, 0.15) is 17.1 Å². The van der Waals surface area contributed by atoms with E-state index in [4.69, 9.17) is 4.74 Å². The molecule has 1 aromatic rings. The largest absolute Gasteiger partial charge is 0.508 e. The summed E-state index contributed by atoms with van der Waals surface area (Å²) in [6.45, 7) is 3.93. The summed E-state index contributed by atoms with van der Waals surface area (Å²) < 4.78 is 5.76. The maximum Gasteiger partial charge on any atom is 0.170 e. The molecule has 1 heterocycles. The van der Waals surface area contributed by atoms with Gasteiger partial charge in [0, 0.05) is 0 Å². The predicted molar refractivity (Wildman–Crippen MR) is 56.4 cm³/mol. The summed E-state index contributed by atoms with van der Waals surface area (Å²) in [7, 11) is 0. The quantitative estimate of drug-likeness (QED) is 0.768. The van der Waals surface area contributed by atoms with Crippen molar-refractivity contribution in [1.29, 1.82) is 0 Å². The standard InChI is InChI=1S/C12H14O3/c1-3-12(2)7-10(14)9-6-8(13)4-5-11(9)15-12/h4-6,13H,3,7H2,1-2H3. The van der Waals surface area contributed by atoms with Crippen molar-refractivity contribution in [3.05, 3.63) is 23.8 Å². The number of carbonyl (C=O) groups excluding carboxylic acids is 1. The van der Waals surface area contributed by atoms with Crippen LogP contribution in [0.15, 0.2) is 18.2 Å². The minimum Gasteiger partial charge on any atom is -0.508 e. The fourth-order valence-corrected chi connectivity index (χ4v) is 1.76. The second-order valence-electron chi connectivity index (χ2n) is 4.19. The minimum absolute atomic E-state index is 0.0384. The van der Waals surface area contributed by atoms with E-state index in [9.17, 15) is 9.90 Å². The molecule has 1 atom stereocenters. The molecule has 0 bridgehead atoms. The molecule has 0 aliphatic carbocycles. The van der Waals surface area contributed by atoms with Crippen LogP contribution in [0.1, 0.15) is 37.0 Å². The fourth-order valence-electron chi connectivity index (χ4n) is 1.76. The number of phenols is 1. The van der Waals surface area contributed by atoms with Gasteiger partial charge >= 0.3 is 0 Å². The number of fused-ring (bicyclic) bond motifs is 1. The molecule has 1 aliphatic heterocycles. The molecule has 0 aromatic heterocycles. The molecule has 80 valence electrons. The highest BCUT2D eigenvalue weighted by Crippen LogP contribution is 2.36. The molecule has 0 spiro atoms. The van der Waals surface area contributed by atoms with E-state index in [0.717, 1.165) is 6.42 Å². The van der Waals surface area contributed by atoms with E-state index < -0.39 is 5.60 Å². The van der Waals surface area contributed by atoms with Crippen LogP contribution in [0.2, 0.25) is 0 Å². The SMILES string of the molecule is CCC1(C)CC(=O)c2cc(O)ccc2O1. The lowest BCUT2D eigenvalue weighted by Crippen LogP contribution is -2.38. The van der Waals surface area contributed by atoms with Gasteiger partial charge in [0.15, 0.2) is 5.78 Å². The average Bonchev–Trinajstić information content (AvgIpc) is 2.20. The van der Waals surface area contributed by atoms with Crippen molar-refractivity contribution in [3.8, 4) is 11.5 Å². The number of aromatic hydroxyl groups is 1. The van der Waals surface area contributed by atoms with Crippen LogP contribution in [-0.2, 0) is 0 Å². The number of Topliss-reactive ketones (excluding diaryl/α,β-unsaturated/α-hetero) is 1. The van der Waals surface area contributed by atoms with Crippen LogP contribution < -0.4 is 4.74 Å². The van der Waals surface area contributed by atoms with Gasteiger partial charge in [-0.15, -0.1) is 0 Å². The highest BCUT2D eigenvalue weighted by Gasteiger charge is 2.34. The van der Waals surface area contributed by atoms with Gasteiger partial charge in [-0.1, -0.05) is 6.92 Å². The first-order chi connectivity index (χ1) is 7.04. The van der Waals surface area contributed by atoms with E-state index >= 15 is 0 Å². The van der Waals surface area contributed by atoms with Gasteiger partial charge in [-0.3, -0.25) is 4.79 Å². The van der Waals surface area contributed by atoms with Crippen LogP contribution in [0.5, 0.6) is 11.5 Å². The summed E-state index contributed by atoms with van der Waals surface area (Å²) in [5.41, 5.74) is 0.0852. The molecule has 15 heavy (non-hydrogen) atoms. The van der Waals surface area contributed by atoms with E-state index in [1.165, 1.54) is 12.1 Å². The monoisotopic (exact) mass is 206 g/mol. The Kier molecular flexibility index (Phi) is 2.18. The van der Waals surface area contributed by atoms with Gasteiger partial charge in [-0.05, 0) is 31.5 Å². The van der Waals surface area contributed by atoms with Crippen LogP contribution in [0, 0.1) is 0 Å². The molecule has 0 saturated carbocycles. The average molecular weight is 206 g/mol. The molecule has 3 nitrogen and oxygen atoms in total. The maximum atomic E-state index is 11.8. The van der Waals surface area contributed by atoms with Crippen molar-refractivity contribution >= 4 is 5.78 Å². The van der Waals surface area contributed by atoms with Crippen molar-refractivity contribution in [2.75, 3.05) is 0 Å². The van der Waals surface area contributed by atoms with E-state index in [1.54, 1.807) is 6.07 Å². The van der Waals surface area contributed by atoms with Gasteiger partial charge in [-0.2, -0.15) is 0 Å². The van der Waals surface area contributed by atoms with Crippen LogP contribution in [0.3, 0.4) is 0 Å². The van der Waals surface area contributed by atoms with Gasteiger partial charge in [0.2, 0.25) is 0 Å². The lowest BCUT2D eigenvalue weighted by Gasteiger charge is -2.34. The Balaban J connectivity index is 2.45. The number of benzene rings is 1. The Hall–Kier alpha value is -1.51. The molecular formula is C12H14O3. The first-order valence-electron chi connectivity index (χ1n) is 5.09. The predicted octanol–water partition coefficient (Wildman–Crippen LogP) is 2.53. The first kappa shape index (κ1) is 10.0. The molecule has 0 radical (unpaired) electrons. The number of ketones is 1. The highest BCUT2D eigenvalue weighted by atomic mass is 16.5. The van der Waals surface area contributed by atoms with Gasteiger partial charge in [0.05, 0.1) is 12.0 Å². The molecule has 0 fully saturated rings. The summed E-state index contributed by atoms with van der Waals surface area (Å²) >= 11 is 0. The molecule has 0 saturated heterocycles. The third-order valence-corrected chi connectivity index (χ3v) is 2.90. The molecule has 1 aliphatic rings. The second kappa shape index (κ2) is 3.26. The minimum atomic E-state index is -0.402. The highest BCUT2D eigenvalue weighted by molar-refractivity contribution is 6.00. The Bertz CT molecular complexity index is 411. The maximum absolute atomic E-state index is 11.8. The van der Waals surface area contributed by atoms with E-state index in [2.05, 4.69) is 0 Å². The van der Waals surface area contributed by atoms with Crippen molar-refractivity contribution < 1.29 is 14.6 Å². The van der Waals surface area contributed by atoms with Crippen molar-refractivity contribution in [2.24, 2.45) is 0 Å². The van der Waals surface area contributed by atoms with E-state index in [0.29, 0.717) is 17.7 Å². The zero-order valence-electron chi connectivity index (χ0n) is 8.91. The number of phenolic OH excluding ortho intramolecular Hbond substituents is 1. The van der Waals surface area contributed by atoms with Gasteiger partial charge < -0.3 is 9.84 Å². The summed E-state index contributed by atoms with van der Waals surface area (Å²) in [5, 5.41) is 9.29. The number of hydrogen-bond donors (Lipinski definition) is 1. The smallest absolute Gasteiger partial charge is 0.170 e. The van der Waals surface area contributed by atoms with Crippen molar-refractivity contribution in [2.45, 2.75) is 32.3 Å². The van der Waals surface area contributed by atoms with E-state index in [1.807, 2.05) is 13.8 Å². The van der Waals surface area contributed by atoms with Crippen molar-refractivity contribution in [1.82, 2.24) is 0 Å². The zero-order valence-corrected chi connectivity index (χ0v) is 8.91. The molecular weight excluding hydrogens is 192 g/mol. The molecule has 0 amide bonds. The van der Waals surface area contributed by atoms with Crippen LogP contribution in [0.25, 0.3) is 0 Å². The topological polar surface area (TPSA) is 46.5 Å². The first-order valence-corrected chi connectivity index (χ1v) is 5.09. The molecule has 2 rings (SSSR count). The fraction of sp³-hybridized carbons (Fsp3) is 0.417. The molecule has 1 aromatic carbocycles. The van der Waals surface area contributed by atoms with Crippen LogP contribution in [0.4, 0.5) is 0 Å². The summed E-state index contributed by atoms with van der Waals surface area (Å²) in [5.74, 6) is 0.718. The van der Waals surface area contributed by atoms with Gasteiger partial charge in [0.25, 0.3) is 0 Å². The Morgan fingerprint density at radius 1 is 1.53 bits per heavy atom. The molecule has 3 heteroatoms. The van der Waals surface area contributed by atoms with E-state index in [-0.39, 0.29) is 11.5 Å². The summed E-state index contributed by atoms with van der Waals surface area (Å²) in [6.07, 6.45) is 1.17.